The van der Waals surface area contributed by atoms with Gasteiger partial charge < -0.3 is 14.8 Å². The van der Waals surface area contributed by atoms with E-state index in [1.807, 2.05) is 0 Å². The molecule has 1 aliphatic heterocycles. The molecule has 0 aromatic heterocycles. The average Bonchev–Trinajstić information content (AvgIpc) is 2.39. The van der Waals surface area contributed by atoms with Crippen molar-refractivity contribution in [2.75, 3.05) is 5.32 Å². The lowest BCUT2D eigenvalue weighted by Crippen LogP contribution is -2.42. The molecule has 23 heavy (non-hydrogen) atoms. The van der Waals surface area contributed by atoms with Crippen molar-refractivity contribution in [3.05, 3.63) is 44.1 Å². The number of nitro groups is 1. The molecule has 0 radical (unpaired) electrons. The summed E-state index contributed by atoms with van der Waals surface area (Å²) in [4.78, 5) is 33.7. The van der Waals surface area contributed by atoms with Crippen molar-refractivity contribution in [1.82, 2.24) is 0 Å². The van der Waals surface area contributed by atoms with Gasteiger partial charge in [0.15, 0.2) is 5.57 Å². The normalized spacial score (nSPS) is 16.4. The number of hydrogen-bond acceptors (Lipinski definition) is 7. The lowest BCUT2D eigenvalue weighted by atomic mass is 10.2. The Morgan fingerprint density at radius 2 is 1.78 bits per heavy atom. The molecule has 1 aromatic carbocycles. The number of benzene rings is 1. The van der Waals surface area contributed by atoms with E-state index in [1.54, 1.807) is 0 Å². The molecule has 10 heteroatoms. The highest BCUT2D eigenvalue weighted by Gasteiger charge is 2.39. The molecule has 0 spiro atoms. The van der Waals surface area contributed by atoms with Crippen LogP contribution >= 0.6 is 23.2 Å². The Morgan fingerprint density at radius 3 is 2.30 bits per heavy atom. The van der Waals surface area contributed by atoms with Crippen LogP contribution in [-0.2, 0) is 19.1 Å². The Hall–Kier alpha value is -2.32. The number of carbonyl (C=O) groups excluding carboxylic acids is 2. The molecule has 122 valence electrons. The highest BCUT2D eigenvalue weighted by molar-refractivity contribution is 6.40. The Bertz CT molecular complexity index is 722. The molecule has 0 bridgehead atoms. The van der Waals surface area contributed by atoms with Gasteiger partial charge in [0, 0.05) is 26.1 Å². The van der Waals surface area contributed by atoms with Crippen molar-refractivity contribution in [2.24, 2.45) is 0 Å². The topological polar surface area (TPSA) is 108 Å². The van der Waals surface area contributed by atoms with Gasteiger partial charge in [-0.05, 0) is 6.07 Å². The zero-order chi connectivity index (χ0) is 17.4. The molecule has 2 rings (SSSR count). The van der Waals surface area contributed by atoms with E-state index in [0.717, 1.165) is 12.3 Å². The van der Waals surface area contributed by atoms with Crippen LogP contribution in [0.15, 0.2) is 23.9 Å². The smallest absolute Gasteiger partial charge is 0.350 e. The first-order valence-electron chi connectivity index (χ1n) is 6.18. The number of ether oxygens (including phenoxy) is 2. The zero-order valence-corrected chi connectivity index (χ0v) is 13.4. The third-order valence-corrected chi connectivity index (χ3v) is 3.44. The Morgan fingerprint density at radius 1 is 1.22 bits per heavy atom. The fourth-order valence-corrected chi connectivity index (χ4v) is 2.29. The first-order valence-corrected chi connectivity index (χ1v) is 6.94. The van der Waals surface area contributed by atoms with Crippen molar-refractivity contribution in [2.45, 2.75) is 19.6 Å². The van der Waals surface area contributed by atoms with E-state index >= 15 is 0 Å². The first-order chi connectivity index (χ1) is 10.6. The van der Waals surface area contributed by atoms with Gasteiger partial charge in [0.25, 0.3) is 11.5 Å². The maximum atomic E-state index is 11.8. The van der Waals surface area contributed by atoms with Crippen LogP contribution in [0.1, 0.15) is 13.8 Å². The Kier molecular flexibility index (Phi) is 4.49. The maximum absolute atomic E-state index is 11.8. The molecular formula is C13H10Cl2N2O6. The molecule has 0 atom stereocenters. The molecule has 1 N–H and O–H groups in total. The summed E-state index contributed by atoms with van der Waals surface area (Å²) >= 11 is 11.8. The van der Waals surface area contributed by atoms with Crippen LogP contribution in [0.4, 0.5) is 11.4 Å². The first kappa shape index (κ1) is 17.0. The maximum Gasteiger partial charge on any atom is 0.350 e. The number of cyclic esters (lactones) is 2. The second-order valence-electron chi connectivity index (χ2n) is 4.89. The number of hydrogen-bond donors (Lipinski definition) is 1. The molecule has 1 aromatic rings. The van der Waals surface area contributed by atoms with E-state index in [0.29, 0.717) is 0 Å². The lowest BCUT2D eigenvalue weighted by Gasteiger charge is -2.29. The van der Waals surface area contributed by atoms with E-state index in [2.05, 4.69) is 5.32 Å². The quantitative estimate of drug-likeness (QED) is 0.290. The van der Waals surface area contributed by atoms with Crippen LogP contribution < -0.4 is 5.32 Å². The largest absolute Gasteiger partial charge is 0.419 e. The van der Waals surface area contributed by atoms with Crippen LogP contribution in [0, 0.1) is 10.1 Å². The fraction of sp³-hybridized carbons (Fsp3) is 0.231. The van der Waals surface area contributed by atoms with Crippen LogP contribution in [0.2, 0.25) is 10.0 Å². The zero-order valence-electron chi connectivity index (χ0n) is 11.9. The van der Waals surface area contributed by atoms with Gasteiger partial charge in [-0.1, -0.05) is 23.2 Å². The molecule has 0 aliphatic carbocycles. The molecule has 1 heterocycles. The van der Waals surface area contributed by atoms with E-state index in [9.17, 15) is 19.7 Å². The Labute approximate surface area is 140 Å². The van der Waals surface area contributed by atoms with E-state index in [1.165, 1.54) is 19.9 Å². The van der Waals surface area contributed by atoms with Gasteiger partial charge in [0.2, 0.25) is 0 Å². The number of anilines is 1. The third-order valence-electron chi connectivity index (χ3n) is 2.75. The van der Waals surface area contributed by atoms with Crippen molar-refractivity contribution >= 4 is 46.5 Å². The summed E-state index contributed by atoms with van der Waals surface area (Å²) in [6.45, 7) is 2.81. The van der Waals surface area contributed by atoms with Crippen molar-refractivity contribution in [3.8, 4) is 0 Å². The molecule has 8 nitrogen and oxygen atoms in total. The number of nitrogens with one attached hydrogen (secondary N) is 1. The number of rotatable bonds is 3. The molecule has 1 aliphatic rings. The van der Waals surface area contributed by atoms with Gasteiger partial charge in [-0.15, -0.1) is 0 Å². The second kappa shape index (κ2) is 6.05. The predicted molar refractivity (Wildman–Crippen MR) is 81.1 cm³/mol. The summed E-state index contributed by atoms with van der Waals surface area (Å²) in [5.74, 6) is -3.18. The summed E-state index contributed by atoms with van der Waals surface area (Å²) in [5, 5.41) is 13.2. The minimum atomic E-state index is -1.37. The molecular weight excluding hydrogens is 351 g/mol. The number of nitrogens with zero attached hydrogens (tertiary/aromatic N) is 1. The fourth-order valence-electron chi connectivity index (χ4n) is 1.74. The van der Waals surface area contributed by atoms with Crippen LogP contribution in [-0.4, -0.2) is 22.6 Å². The third kappa shape index (κ3) is 3.54. The predicted octanol–water partition coefficient (Wildman–Crippen LogP) is 3.03. The lowest BCUT2D eigenvalue weighted by molar-refractivity contribution is -0.384. The number of esters is 2. The molecule has 1 fully saturated rings. The average molecular weight is 361 g/mol. The summed E-state index contributed by atoms with van der Waals surface area (Å²) in [6, 6.07) is 2.39. The van der Waals surface area contributed by atoms with Gasteiger partial charge in [-0.2, -0.15) is 0 Å². The summed E-state index contributed by atoms with van der Waals surface area (Å²) in [7, 11) is 0. The van der Waals surface area contributed by atoms with Gasteiger partial charge in [-0.25, -0.2) is 9.59 Å². The van der Waals surface area contributed by atoms with E-state index < -0.39 is 28.2 Å². The minimum absolute atomic E-state index is 0.0273. The van der Waals surface area contributed by atoms with E-state index in [-0.39, 0.29) is 21.4 Å². The van der Waals surface area contributed by atoms with Gasteiger partial charge in [0.1, 0.15) is 5.02 Å². The van der Waals surface area contributed by atoms with Crippen LogP contribution in [0.5, 0.6) is 0 Å². The SMILES string of the molecule is CC1(C)OC(=O)C(=CNc2c(Cl)ccc([N+](=O)[O-])c2Cl)C(=O)O1. The van der Waals surface area contributed by atoms with E-state index in [4.69, 9.17) is 32.7 Å². The Balaban J connectivity index is 2.34. The van der Waals surface area contributed by atoms with Crippen molar-refractivity contribution in [1.29, 1.82) is 0 Å². The van der Waals surface area contributed by atoms with Gasteiger partial charge in [-0.3, -0.25) is 10.1 Å². The summed E-state index contributed by atoms with van der Waals surface area (Å²) < 4.78 is 9.81. The highest BCUT2D eigenvalue weighted by Crippen LogP contribution is 2.37. The molecule has 0 unspecified atom stereocenters. The van der Waals surface area contributed by atoms with Gasteiger partial charge >= 0.3 is 11.9 Å². The number of halogens is 2. The molecule has 0 amide bonds. The summed E-state index contributed by atoms with van der Waals surface area (Å²) in [6.07, 6.45) is 0.969. The minimum Gasteiger partial charge on any atom is -0.419 e. The highest BCUT2D eigenvalue weighted by atomic mass is 35.5. The summed E-state index contributed by atoms with van der Waals surface area (Å²) in [5.41, 5.74) is -0.838. The van der Waals surface area contributed by atoms with Crippen LogP contribution in [0.3, 0.4) is 0 Å². The van der Waals surface area contributed by atoms with Crippen molar-refractivity contribution in [3.63, 3.8) is 0 Å². The monoisotopic (exact) mass is 360 g/mol. The second-order valence-corrected chi connectivity index (χ2v) is 5.68. The molecule has 0 saturated carbocycles. The van der Waals surface area contributed by atoms with Gasteiger partial charge in [0.05, 0.1) is 15.6 Å². The molecule has 1 saturated heterocycles. The van der Waals surface area contributed by atoms with Crippen molar-refractivity contribution < 1.29 is 24.0 Å². The standard InChI is InChI=1S/C13H10Cl2N2O6/c1-13(2)22-11(18)6(12(19)23-13)5-16-10-7(14)3-4-8(9(10)15)17(20)21/h3-5,16H,1-2H3. The van der Waals surface area contributed by atoms with Crippen LogP contribution in [0.25, 0.3) is 0 Å². The number of carbonyl (C=O) groups is 2. The number of nitro benzene ring substituents is 1.